The van der Waals surface area contributed by atoms with Crippen LogP contribution in [0.25, 0.3) is 0 Å². The van der Waals surface area contributed by atoms with Crippen molar-refractivity contribution in [3.05, 3.63) is 0 Å². The quantitative estimate of drug-likeness (QED) is 0.627. The Morgan fingerprint density at radius 3 is 1.85 bits per heavy atom. The van der Waals surface area contributed by atoms with Gasteiger partial charge in [0.2, 0.25) is 0 Å². The minimum atomic E-state index is -0.243. The van der Waals surface area contributed by atoms with Gasteiger partial charge >= 0.3 is 5.97 Å². The summed E-state index contributed by atoms with van der Waals surface area (Å²) >= 11 is 0. The molecule has 120 valence electrons. The maximum absolute atomic E-state index is 12.1. The van der Waals surface area contributed by atoms with Gasteiger partial charge in [-0.2, -0.15) is 0 Å². The monoisotopic (exact) mass is 286 g/mol. The number of nitrogens with zero attached hydrogens (tertiary/aromatic N) is 1. The predicted octanol–water partition coefficient (Wildman–Crippen LogP) is 2.53. The van der Waals surface area contributed by atoms with Crippen molar-refractivity contribution >= 4 is 5.97 Å². The molecule has 0 amide bonds. The summed E-state index contributed by atoms with van der Waals surface area (Å²) in [6, 6.07) is 0.0248. The minimum absolute atomic E-state index is 0.140. The Hall–Kier alpha value is -0.610. The molecule has 0 radical (unpaired) electrons. The Morgan fingerprint density at radius 1 is 1.00 bits per heavy atom. The first-order chi connectivity index (χ1) is 9.26. The van der Waals surface area contributed by atoms with Gasteiger partial charge in [0.25, 0.3) is 0 Å². The van der Waals surface area contributed by atoms with Gasteiger partial charge in [0.05, 0.1) is 6.61 Å². The highest BCUT2D eigenvalue weighted by atomic mass is 16.5. The molecule has 0 spiro atoms. The highest BCUT2D eigenvalue weighted by Crippen LogP contribution is 2.06. The fourth-order valence-corrected chi connectivity index (χ4v) is 2.36. The zero-order chi connectivity index (χ0) is 15.7. The van der Waals surface area contributed by atoms with Gasteiger partial charge in [-0.15, -0.1) is 0 Å². The van der Waals surface area contributed by atoms with Crippen LogP contribution < -0.4 is 5.32 Å². The Morgan fingerprint density at radius 2 is 1.50 bits per heavy atom. The fraction of sp³-hybridized carbons (Fsp3) is 0.938. The second kappa shape index (κ2) is 10.2. The zero-order valence-electron chi connectivity index (χ0n) is 14.4. The van der Waals surface area contributed by atoms with Crippen molar-refractivity contribution in [3.63, 3.8) is 0 Å². The van der Waals surface area contributed by atoms with E-state index >= 15 is 0 Å². The molecule has 0 fully saturated rings. The van der Waals surface area contributed by atoms with Gasteiger partial charge in [-0.3, -0.25) is 4.79 Å². The summed E-state index contributed by atoms with van der Waals surface area (Å²) in [5.74, 6) is 1.05. The first-order valence-electron chi connectivity index (χ1n) is 7.91. The molecule has 20 heavy (non-hydrogen) atoms. The largest absolute Gasteiger partial charge is 0.465 e. The minimum Gasteiger partial charge on any atom is -0.465 e. The summed E-state index contributed by atoms with van der Waals surface area (Å²) in [4.78, 5) is 14.4. The zero-order valence-corrected chi connectivity index (χ0v) is 14.4. The second-order valence-corrected chi connectivity index (χ2v) is 6.63. The van der Waals surface area contributed by atoms with E-state index in [4.69, 9.17) is 4.74 Å². The number of carbonyl (C=O) groups excluding carboxylic acids is 1. The highest BCUT2D eigenvalue weighted by molar-refractivity contribution is 5.76. The van der Waals surface area contributed by atoms with Crippen LogP contribution >= 0.6 is 0 Å². The molecule has 0 aliphatic heterocycles. The van der Waals surface area contributed by atoms with Crippen LogP contribution in [0.5, 0.6) is 0 Å². The van der Waals surface area contributed by atoms with Crippen LogP contribution in [0.1, 0.15) is 48.5 Å². The average Bonchev–Trinajstić information content (AvgIpc) is 2.25. The Balaban J connectivity index is 4.71. The van der Waals surface area contributed by atoms with Crippen molar-refractivity contribution in [1.82, 2.24) is 10.2 Å². The van der Waals surface area contributed by atoms with E-state index < -0.39 is 0 Å². The Labute approximate surface area is 125 Å². The van der Waals surface area contributed by atoms with Crippen LogP contribution in [0.4, 0.5) is 0 Å². The van der Waals surface area contributed by atoms with E-state index in [1.807, 2.05) is 6.92 Å². The Bertz CT molecular complexity index is 255. The van der Waals surface area contributed by atoms with Crippen molar-refractivity contribution in [2.24, 2.45) is 11.8 Å². The Kier molecular flexibility index (Phi) is 9.86. The molecule has 0 aliphatic rings. The molecule has 0 aliphatic carbocycles. The molecular formula is C16H34N2O2. The third-order valence-electron chi connectivity index (χ3n) is 2.79. The summed E-state index contributed by atoms with van der Waals surface area (Å²) in [5, 5.41) is 3.33. The summed E-state index contributed by atoms with van der Waals surface area (Å²) in [5.41, 5.74) is 0. The molecule has 4 nitrogen and oxygen atoms in total. The van der Waals surface area contributed by atoms with Crippen molar-refractivity contribution in [2.75, 3.05) is 26.2 Å². The fourth-order valence-electron chi connectivity index (χ4n) is 2.36. The van der Waals surface area contributed by atoms with Crippen LogP contribution in [0, 0.1) is 11.8 Å². The van der Waals surface area contributed by atoms with E-state index in [9.17, 15) is 4.79 Å². The molecule has 4 heteroatoms. The molecule has 1 unspecified atom stereocenters. The average molecular weight is 286 g/mol. The van der Waals surface area contributed by atoms with Crippen LogP contribution in [-0.2, 0) is 9.53 Å². The second-order valence-electron chi connectivity index (χ2n) is 6.63. The smallest absolute Gasteiger partial charge is 0.324 e. The molecule has 0 aromatic carbocycles. The number of rotatable bonds is 10. The van der Waals surface area contributed by atoms with Crippen molar-refractivity contribution in [2.45, 2.75) is 60.5 Å². The first-order valence-corrected chi connectivity index (χ1v) is 7.91. The lowest BCUT2D eigenvalue weighted by Gasteiger charge is -2.30. The molecule has 0 rings (SSSR count). The van der Waals surface area contributed by atoms with Crippen LogP contribution in [0.15, 0.2) is 0 Å². The standard InChI is InChI=1S/C16H34N2O2/c1-8-20-16(19)15(17-14(6)7)11-18(9-12(2)3)10-13(4)5/h12-15,17H,8-11H2,1-7H3. The summed E-state index contributed by atoms with van der Waals surface area (Å²) < 4.78 is 5.19. The number of hydrogen-bond donors (Lipinski definition) is 1. The van der Waals surface area contributed by atoms with Gasteiger partial charge in [-0.05, 0) is 18.8 Å². The molecule has 0 heterocycles. The number of esters is 1. The molecule has 1 N–H and O–H groups in total. The first kappa shape index (κ1) is 19.4. The van der Waals surface area contributed by atoms with Crippen LogP contribution in [-0.4, -0.2) is 49.2 Å². The molecule has 0 saturated carbocycles. The third-order valence-corrected chi connectivity index (χ3v) is 2.79. The van der Waals surface area contributed by atoms with E-state index in [1.165, 1.54) is 0 Å². The normalized spacial score (nSPS) is 13.6. The maximum Gasteiger partial charge on any atom is 0.324 e. The highest BCUT2D eigenvalue weighted by Gasteiger charge is 2.24. The lowest BCUT2D eigenvalue weighted by atomic mass is 10.1. The van der Waals surface area contributed by atoms with Crippen LogP contribution in [0.2, 0.25) is 0 Å². The lowest BCUT2D eigenvalue weighted by Crippen LogP contribution is -2.50. The lowest BCUT2D eigenvalue weighted by molar-refractivity contribution is -0.146. The summed E-state index contributed by atoms with van der Waals surface area (Å²) in [6.07, 6.45) is 0. The van der Waals surface area contributed by atoms with Crippen LogP contribution in [0.3, 0.4) is 0 Å². The number of hydrogen-bond acceptors (Lipinski definition) is 4. The molecule has 1 atom stereocenters. The number of ether oxygens (including phenoxy) is 1. The summed E-state index contributed by atoms with van der Waals surface area (Å²) in [7, 11) is 0. The molecule has 0 aromatic heterocycles. The molecule has 0 aromatic rings. The van der Waals surface area contributed by atoms with E-state index in [0.717, 1.165) is 13.1 Å². The van der Waals surface area contributed by atoms with Gasteiger partial charge in [0.15, 0.2) is 0 Å². The van der Waals surface area contributed by atoms with E-state index in [-0.39, 0.29) is 18.1 Å². The molecule has 0 saturated heterocycles. The molecular weight excluding hydrogens is 252 g/mol. The van der Waals surface area contributed by atoms with Gasteiger partial charge in [0.1, 0.15) is 6.04 Å². The third kappa shape index (κ3) is 9.32. The van der Waals surface area contributed by atoms with Gasteiger partial charge in [-0.25, -0.2) is 0 Å². The van der Waals surface area contributed by atoms with Crippen molar-refractivity contribution < 1.29 is 9.53 Å². The summed E-state index contributed by atoms with van der Waals surface area (Å²) in [6.45, 7) is 18.0. The van der Waals surface area contributed by atoms with Crippen molar-refractivity contribution in [1.29, 1.82) is 0 Å². The van der Waals surface area contributed by atoms with E-state index in [2.05, 4.69) is 51.8 Å². The maximum atomic E-state index is 12.1. The topological polar surface area (TPSA) is 41.6 Å². The van der Waals surface area contributed by atoms with Gasteiger partial charge in [0, 0.05) is 25.7 Å². The molecule has 0 bridgehead atoms. The van der Waals surface area contributed by atoms with Gasteiger partial charge in [-0.1, -0.05) is 41.5 Å². The van der Waals surface area contributed by atoms with Crippen molar-refractivity contribution in [3.8, 4) is 0 Å². The number of carbonyl (C=O) groups is 1. The van der Waals surface area contributed by atoms with Gasteiger partial charge < -0.3 is 15.0 Å². The predicted molar refractivity (Wildman–Crippen MR) is 84.8 cm³/mol. The van der Waals surface area contributed by atoms with E-state index in [0.29, 0.717) is 25.0 Å². The SMILES string of the molecule is CCOC(=O)C(CN(CC(C)C)CC(C)C)NC(C)C. The van der Waals surface area contributed by atoms with E-state index in [1.54, 1.807) is 0 Å². The number of nitrogens with one attached hydrogen (secondary N) is 1.